The molecule has 0 radical (unpaired) electrons. The zero-order valence-electron chi connectivity index (χ0n) is 9.22. The maximum absolute atomic E-state index is 6.19. The zero-order valence-corrected chi connectivity index (χ0v) is 10.0. The molecular weight excluding hydrogens is 208 g/mol. The van der Waals surface area contributed by atoms with Crippen molar-refractivity contribution >= 4 is 11.8 Å². The van der Waals surface area contributed by atoms with Crippen molar-refractivity contribution in [1.82, 2.24) is 4.98 Å². The number of oxazole rings is 1. The largest absolute Gasteiger partial charge is 0.440 e. The Morgan fingerprint density at radius 2 is 2.27 bits per heavy atom. The Morgan fingerprint density at radius 3 is 2.87 bits per heavy atom. The smallest absolute Gasteiger partial charge is 0.255 e. The van der Waals surface area contributed by atoms with Gasteiger partial charge in [0, 0.05) is 11.3 Å². The van der Waals surface area contributed by atoms with E-state index >= 15 is 0 Å². The van der Waals surface area contributed by atoms with Gasteiger partial charge in [0.05, 0.1) is 6.20 Å². The van der Waals surface area contributed by atoms with Crippen LogP contribution in [0.3, 0.4) is 0 Å². The molecule has 0 spiro atoms. The number of thioether (sulfide) groups is 1. The highest BCUT2D eigenvalue weighted by Crippen LogP contribution is 2.38. The molecule has 3 nitrogen and oxygen atoms in total. The van der Waals surface area contributed by atoms with Crippen LogP contribution in [0, 0.1) is 11.8 Å². The van der Waals surface area contributed by atoms with Crippen molar-refractivity contribution < 1.29 is 4.42 Å². The second-order valence-corrected chi connectivity index (χ2v) is 5.73. The first-order valence-corrected chi connectivity index (χ1v) is 6.36. The SMILES string of the molecule is CC1CC(C)C(Sc2ncco2)C(N)C1. The number of hydrogen-bond acceptors (Lipinski definition) is 4. The summed E-state index contributed by atoms with van der Waals surface area (Å²) in [6.45, 7) is 4.55. The zero-order chi connectivity index (χ0) is 10.8. The molecule has 4 unspecified atom stereocenters. The molecule has 1 aromatic rings. The van der Waals surface area contributed by atoms with E-state index in [1.54, 1.807) is 24.2 Å². The van der Waals surface area contributed by atoms with E-state index in [4.69, 9.17) is 10.2 Å². The van der Waals surface area contributed by atoms with Crippen LogP contribution in [0.2, 0.25) is 0 Å². The lowest BCUT2D eigenvalue weighted by molar-refractivity contribution is 0.277. The maximum atomic E-state index is 6.19. The van der Waals surface area contributed by atoms with Crippen molar-refractivity contribution in [2.24, 2.45) is 17.6 Å². The molecule has 0 saturated heterocycles. The summed E-state index contributed by atoms with van der Waals surface area (Å²) in [5, 5.41) is 1.19. The first-order chi connectivity index (χ1) is 7.16. The van der Waals surface area contributed by atoms with E-state index < -0.39 is 0 Å². The number of nitrogens with zero attached hydrogens (tertiary/aromatic N) is 1. The molecule has 2 rings (SSSR count). The lowest BCUT2D eigenvalue weighted by Gasteiger charge is -2.36. The number of aromatic nitrogens is 1. The number of nitrogens with two attached hydrogens (primary N) is 1. The summed E-state index contributed by atoms with van der Waals surface area (Å²) in [7, 11) is 0. The molecule has 1 aliphatic rings. The predicted molar refractivity (Wildman–Crippen MR) is 61.7 cm³/mol. The summed E-state index contributed by atoms with van der Waals surface area (Å²) in [6, 6.07) is 0.264. The van der Waals surface area contributed by atoms with E-state index in [1.807, 2.05) is 0 Å². The lowest BCUT2D eigenvalue weighted by Crippen LogP contribution is -2.42. The van der Waals surface area contributed by atoms with Crippen LogP contribution in [0.1, 0.15) is 26.7 Å². The summed E-state index contributed by atoms with van der Waals surface area (Å²) in [4.78, 5) is 4.14. The minimum atomic E-state index is 0.264. The molecule has 0 aliphatic heterocycles. The van der Waals surface area contributed by atoms with Crippen molar-refractivity contribution in [3.05, 3.63) is 12.5 Å². The third-order valence-electron chi connectivity index (χ3n) is 3.08. The third kappa shape index (κ3) is 2.55. The Morgan fingerprint density at radius 1 is 1.47 bits per heavy atom. The molecule has 1 saturated carbocycles. The first kappa shape index (κ1) is 11.0. The normalized spacial score (nSPS) is 36.7. The van der Waals surface area contributed by atoms with Crippen LogP contribution in [0.25, 0.3) is 0 Å². The first-order valence-electron chi connectivity index (χ1n) is 5.48. The Balaban J connectivity index is 2.01. The van der Waals surface area contributed by atoms with Crippen molar-refractivity contribution in [1.29, 1.82) is 0 Å². The molecule has 84 valence electrons. The molecule has 4 atom stereocenters. The maximum Gasteiger partial charge on any atom is 0.255 e. The fraction of sp³-hybridized carbons (Fsp3) is 0.727. The van der Waals surface area contributed by atoms with Crippen LogP contribution in [0.15, 0.2) is 22.1 Å². The van der Waals surface area contributed by atoms with Gasteiger partial charge < -0.3 is 10.2 Å². The number of rotatable bonds is 2. The van der Waals surface area contributed by atoms with Gasteiger partial charge in [-0.2, -0.15) is 0 Å². The van der Waals surface area contributed by atoms with Gasteiger partial charge in [-0.3, -0.25) is 0 Å². The Kier molecular flexibility index (Phi) is 3.36. The summed E-state index contributed by atoms with van der Waals surface area (Å²) < 4.78 is 5.26. The molecule has 4 heteroatoms. The topological polar surface area (TPSA) is 52.0 Å². The van der Waals surface area contributed by atoms with E-state index in [0.717, 1.165) is 17.6 Å². The average molecular weight is 226 g/mol. The molecule has 1 fully saturated rings. The lowest BCUT2D eigenvalue weighted by atomic mass is 9.80. The summed E-state index contributed by atoms with van der Waals surface area (Å²) in [5.41, 5.74) is 6.19. The molecule has 0 amide bonds. The van der Waals surface area contributed by atoms with Gasteiger partial charge in [-0.15, -0.1) is 0 Å². The highest BCUT2D eigenvalue weighted by atomic mass is 32.2. The average Bonchev–Trinajstić information content (AvgIpc) is 2.63. The Hall–Kier alpha value is -0.480. The van der Waals surface area contributed by atoms with Gasteiger partial charge in [0.2, 0.25) is 0 Å². The van der Waals surface area contributed by atoms with Gasteiger partial charge in [0.25, 0.3) is 5.22 Å². The molecule has 0 bridgehead atoms. The van der Waals surface area contributed by atoms with E-state index in [-0.39, 0.29) is 6.04 Å². The molecule has 2 N–H and O–H groups in total. The minimum absolute atomic E-state index is 0.264. The summed E-state index contributed by atoms with van der Waals surface area (Å²) in [6.07, 6.45) is 5.67. The highest BCUT2D eigenvalue weighted by molar-refractivity contribution is 7.99. The van der Waals surface area contributed by atoms with Gasteiger partial charge in [-0.25, -0.2) is 4.98 Å². The van der Waals surface area contributed by atoms with Gasteiger partial charge >= 0.3 is 0 Å². The van der Waals surface area contributed by atoms with Crippen LogP contribution in [0.4, 0.5) is 0 Å². The highest BCUT2D eigenvalue weighted by Gasteiger charge is 2.33. The van der Waals surface area contributed by atoms with Gasteiger partial charge in [-0.05, 0) is 24.7 Å². The van der Waals surface area contributed by atoms with Crippen LogP contribution >= 0.6 is 11.8 Å². The molecular formula is C11H18N2OS. The van der Waals surface area contributed by atoms with E-state index in [9.17, 15) is 0 Å². The van der Waals surface area contributed by atoms with Gasteiger partial charge in [0.15, 0.2) is 0 Å². The number of hydrogen-bond donors (Lipinski definition) is 1. The standard InChI is InChI=1S/C11H18N2OS/c1-7-5-8(2)10(9(12)6-7)15-11-13-3-4-14-11/h3-4,7-10H,5-6,12H2,1-2H3. The Bertz CT molecular complexity index is 290. The molecule has 1 aromatic heterocycles. The van der Waals surface area contributed by atoms with E-state index in [2.05, 4.69) is 18.8 Å². The van der Waals surface area contributed by atoms with Crippen LogP contribution < -0.4 is 5.73 Å². The minimum Gasteiger partial charge on any atom is -0.440 e. The second kappa shape index (κ2) is 4.58. The van der Waals surface area contributed by atoms with Crippen molar-refractivity contribution in [3.8, 4) is 0 Å². The summed E-state index contributed by atoms with van der Waals surface area (Å²) >= 11 is 1.69. The predicted octanol–water partition coefficient (Wildman–Crippen LogP) is 2.53. The monoisotopic (exact) mass is 226 g/mol. The van der Waals surface area contributed by atoms with Crippen LogP contribution in [0.5, 0.6) is 0 Å². The van der Waals surface area contributed by atoms with Crippen LogP contribution in [-0.2, 0) is 0 Å². The molecule has 0 aromatic carbocycles. The fourth-order valence-electron chi connectivity index (χ4n) is 2.47. The fourth-order valence-corrected chi connectivity index (χ4v) is 3.57. The van der Waals surface area contributed by atoms with Crippen molar-refractivity contribution in [3.63, 3.8) is 0 Å². The van der Waals surface area contributed by atoms with Gasteiger partial charge in [0.1, 0.15) is 6.26 Å². The van der Waals surface area contributed by atoms with Crippen molar-refractivity contribution in [2.75, 3.05) is 0 Å². The molecule has 1 aliphatic carbocycles. The summed E-state index contributed by atoms with van der Waals surface area (Å²) in [5.74, 6) is 1.39. The van der Waals surface area contributed by atoms with Crippen molar-refractivity contribution in [2.45, 2.75) is 43.2 Å². The van der Waals surface area contributed by atoms with Crippen LogP contribution in [-0.4, -0.2) is 16.3 Å². The molecule has 15 heavy (non-hydrogen) atoms. The van der Waals surface area contributed by atoms with E-state index in [0.29, 0.717) is 11.2 Å². The molecule has 1 heterocycles. The third-order valence-corrected chi connectivity index (χ3v) is 4.57. The second-order valence-electron chi connectivity index (χ2n) is 4.60. The van der Waals surface area contributed by atoms with Gasteiger partial charge in [-0.1, -0.05) is 25.6 Å². The Labute approximate surface area is 94.8 Å². The van der Waals surface area contributed by atoms with E-state index in [1.165, 1.54) is 6.42 Å². The quantitative estimate of drug-likeness (QED) is 0.842.